The third-order valence-corrected chi connectivity index (χ3v) is 5.82. The second-order valence-corrected chi connectivity index (χ2v) is 8.30. The highest BCUT2D eigenvalue weighted by Gasteiger charge is 2.37. The lowest BCUT2D eigenvalue weighted by Gasteiger charge is -2.26. The van der Waals surface area contributed by atoms with Gasteiger partial charge in [0.15, 0.2) is 0 Å². The molecule has 2 aromatic carbocycles. The minimum Gasteiger partial charge on any atom is -0.462 e. The van der Waals surface area contributed by atoms with Crippen LogP contribution in [-0.4, -0.2) is 35.0 Å². The number of hydrogen-bond acceptors (Lipinski definition) is 5. The Morgan fingerprint density at radius 2 is 1.74 bits per heavy atom. The lowest BCUT2D eigenvalue weighted by molar-refractivity contribution is -0.122. The monoisotopic (exact) mass is 491 g/mol. The zero-order valence-corrected chi connectivity index (χ0v) is 20.1. The zero-order chi connectivity index (χ0) is 25.3. The van der Waals surface area contributed by atoms with E-state index in [1.165, 1.54) is 18.2 Å². The number of halogens is 1. The molecule has 9 heteroatoms. The predicted octanol–water partition coefficient (Wildman–Crippen LogP) is 4.59. The quantitative estimate of drug-likeness (QED) is 0.320. The van der Waals surface area contributed by atoms with Gasteiger partial charge in [-0.1, -0.05) is 17.7 Å². The molecular formula is C26H22ClN3O5. The first-order valence-electron chi connectivity index (χ1n) is 10.8. The highest BCUT2D eigenvalue weighted by Crippen LogP contribution is 2.27. The van der Waals surface area contributed by atoms with Gasteiger partial charge in [-0.15, -0.1) is 0 Å². The van der Waals surface area contributed by atoms with Gasteiger partial charge in [-0.05, 0) is 80.9 Å². The van der Waals surface area contributed by atoms with Gasteiger partial charge >= 0.3 is 12.0 Å². The topological polar surface area (TPSA) is 97.7 Å². The Labute approximate surface area is 206 Å². The minimum atomic E-state index is -0.833. The first-order valence-corrected chi connectivity index (χ1v) is 11.2. The summed E-state index contributed by atoms with van der Waals surface area (Å²) in [7, 11) is 0. The maximum Gasteiger partial charge on any atom is 0.338 e. The fourth-order valence-corrected chi connectivity index (χ4v) is 4.08. The van der Waals surface area contributed by atoms with Crippen LogP contribution in [0.15, 0.2) is 60.2 Å². The third kappa shape index (κ3) is 4.61. The molecule has 2 heterocycles. The van der Waals surface area contributed by atoms with Crippen LogP contribution in [0, 0.1) is 13.8 Å². The van der Waals surface area contributed by atoms with Crippen molar-refractivity contribution in [2.24, 2.45) is 0 Å². The van der Waals surface area contributed by atoms with Crippen molar-refractivity contribution in [3.05, 3.63) is 87.7 Å². The molecule has 0 spiro atoms. The summed E-state index contributed by atoms with van der Waals surface area (Å²) in [4.78, 5) is 51.2. The van der Waals surface area contributed by atoms with Gasteiger partial charge < -0.3 is 9.30 Å². The Hall–Kier alpha value is -4.17. The summed E-state index contributed by atoms with van der Waals surface area (Å²) in [5, 5.41) is 2.66. The second kappa shape index (κ2) is 9.60. The number of urea groups is 1. The number of carbonyl (C=O) groups excluding carboxylic acids is 4. The van der Waals surface area contributed by atoms with Gasteiger partial charge in [0.05, 0.1) is 17.9 Å². The molecule has 35 heavy (non-hydrogen) atoms. The summed E-state index contributed by atoms with van der Waals surface area (Å²) in [6, 6.07) is 14.1. The van der Waals surface area contributed by atoms with Gasteiger partial charge in [-0.3, -0.25) is 14.9 Å². The number of hydrogen-bond donors (Lipinski definition) is 1. The number of nitrogens with zero attached hydrogens (tertiary/aromatic N) is 2. The van der Waals surface area contributed by atoms with E-state index in [1.54, 1.807) is 37.3 Å². The Kier molecular flexibility index (Phi) is 6.57. The number of anilines is 1. The van der Waals surface area contributed by atoms with E-state index in [9.17, 15) is 19.2 Å². The van der Waals surface area contributed by atoms with E-state index in [4.69, 9.17) is 16.3 Å². The molecule has 4 amide bonds. The zero-order valence-electron chi connectivity index (χ0n) is 19.3. The Morgan fingerprint density at radius 1 is 1.03 bits per heavy atom. The van der Waals surface area contributed by atoms with Crippen LogP contribution >= 0.6 is 11.6 Å². The Morgan fingerprint density at radius 3 is 2.43 bits per heavy atom. The fraction of sp³-hybridized carbons (Fsp3) is 0.154. The van der Waals surface area contributed by atoms with E-state index in [0.29, 0.717) is 16.1 Å². The molecule has 178 valence electrons. The van der Waals surface area contributed by atoms with Crippen LogP contribution in [0.3, 0.4) is 0 Å². The van der Waals surface area contributed by atoms with Crippen molar-refractivity contribution >= 4 is 47.2 Å². The second-order valence-electron chi connectivity index (χ2n) is 7.87. The van der Waals surface area contributed by atoms with E-state index in [1.807, 2.05) is 30.5 Å². The molecule has 0 atom stereocenters. The van der Waals surface area contributed by atoms with Crippen LogP contribution in [0.5, 0.6) is 0 Å². The van der Waals surface area contributed by atoms with Crippen LogP contribution in [0.25, 0.3) is 11.8 Å². The van der Waals surface area contributed by atoms with Crippen LogP contribution in [0.1, 0.15) is 34.2 Å². The van der Waals surface area contributed by atoms with Crippen molar-refractivity contribution in [1.29, 1.82) is 0 Å². The molecule has 1 aliphatic rings. The predicted molar refractivity (Wildman–Crippen MR) is 132 cm³/mol. The maximum absolute atomic E-state index is 13.2. The van der Waals surface area contributed by atoms with Crippen molar-refractivity contribution < 1.29 is 23.9 Å². The molecule has 3 aromatic rings. The van der Waals surface area contributed by atoms with Gasteiger partial charge in [0.2, 0.25) is 0 Å². The maximum atomic E-state index is 13.2. The largest absolute Gasteiger partial charge is 0.462 e. The number of nitrogens with one attached hydrogen (secondary N) is 1. The van der Waals surface area contributed by atoms with E-state index < -0.39 is 23.8 Å². The number of carbonyl (C=O) groups is 4. The van der Waals surface area contributed by atoms with Crippen molar-refractivity contribution in [2.75, 3.05) is 11.5 Å². The van der Waals surface area contributed by atoms with Gasteiger partial charge in [-0.25, -0.2) is 14.5 Å². The number of esters is 1. The van der Waals surface area contributed by atoms with Crippen molar-refractivity contribution in [3.63, 3.8) is 0 Å². The number of aryl methyl sites for hydroxylation is 1. The van der Waals surface area contributed by atoms with Crippen molar-refractivity contribution in [3.8, 4) is 5.69 Å². The SMILES string of the molecule is CCOC(=O)c1cccc(-n2c(C)cc(/C=C3\C(=O)NC(=O)N(c4ccc(Cl)cc4)C3=O)c2C)c1. The van der Waals surface area contributed by atoms with Crippen LogP contribution in [0.2, 0.25) is 5.02 Å². The fourth-order valence-electron chi connectivity index (χ4n) is 3.96. The summed E-state index contributed by atoms with van der Waals surface area (Å²) in [5.41, 5.74) is 3.43. The molecule has 1 aromatic heterocycles. The van der Waals surface area contributed by atoms with E-state index in [-0.39, 0.29) is 17.9 Å². The molecule has 0 aliphatic carbocycles. The highest BCUT2D eigenvalue weighted by atomic mass is 35.5. The molecular weight excluding hydrogens is 470 g/mol. The van der Waals surface area contributed by atoms with E-state index >= 15 is 0 Å². The molecule has 0 unspecified atom stereocenters. The summed E-state index contributed by atoms with van der Waals surface area (Å²) >= 11 is 5.91. The number of imide groups is 2. The molecule has 1 N–H and O–H groups in total. The number of benzene rings is 2. The number of barbiturate groups is 1. The van der Waals surface area contributed by atoms with Crippen LogP contribution < -0.4 is 10.2 Å². The number of ether oxygens (including phenoxy) is 1. The molecule has 0 bridgehead atoms. The molecule has 8 nitrogen and oxygen atoms in total. The van der Waals surface area contributed by atoms with Gasteiger partial charge in [-0.2, -0.15) is 0 Å². The normalized spacial score (nSPS) is 14.9. The lowest BCUT2D eigenvalue weighted by Crippen LogP contribution is -2.54. The summed E-state index contributed by atoms with van der Waals surface area (Å²) in [6.07, 6.45) is 1.46. The molecule has 1 fully saturated rings. The molecule has 0 saturated carbocycles. The summed E-state index contributed by atoms with van der Waals surface area (Å²) in [6.45, 7) is 5.72. The number of amides is 4. The smallest absolute Gasteiger partial charge is 0.338 e. The van der Waals surface area contributed by atoms with E-state index in [0.717, 1.165) is 22.0 Å². The first kappa shape index (κ1) is 24.0. The molecule has 0 radical (unpaired) electrons. The van der Waals surface area contributed by atoms with Gasteiger partial charge in [0.25, 0.3) is 11.8 Å². The molecule has 4 rings (SSSR count). The Balaban J connectivity index is 1.73. The lowest BCUT2D eigenvalue weighted by atomic mass is 10.1. The average Bonchev–Trinajstić information content (AvgIpc) is 3.10. The van der Waals surface area contributed by atoms with E-state index in [2.05, 4.69) is 5.32 Å². The Bertz CT molecular complexity index is 1390. The highest BCUT2D eigenvalue weighted by molar-refractivity contribution is 6.39. The molecule has 1 saturated heterocycles. The molecule has 1 aliphatic heterocycles. The number of rotatable bonds is 5. The van der Waals surface area contributed by atoms with Crippen LogP contribution in [0.4, 0.5) is 10.5 Å². The third-order valence-electron chi connectivity index (χ3n) is 5.57. The van der Waals surface area contributed by atoms with Gasteiger partial charge in [0.1, 0.15) is 5.57 Å². The average molecular weight is 492 g/mol. The number of aromatic nitrogens is 1. The van der Waals surface area contributed by atoms with Crippen molar-refractivity contribution in [2.45, 2.75) is 20.8 Å². The standard InChI is InChI=1S/C26H22ClN3O5/c1-4-35-25(33)17-6-5-7-21(13-17)29-15(2)12-18(16(29)3)14-22-23(31)28-26(34)30(24(22)32)20-10-8-19(27)9-11-20/h5-14H,4H2,1-3H3,(H,28,31,34)/b22-14+. The summed E-state index contributed by atoms with van der Waals surface area (Å²) in [5.74, 6) is -1.94. The van der Waals surface area contributed by atoms with Gasteiger partial charge in [0, 0.05) is 22.1 Å². The van der Waals surface area contributed by atoms with Crippen LogP contribution in [-0.2, 0) is 14.3 Å². The summed E-state index contributed by atoms with van der Waals surface area (Å²) < 4.78 is 7.00. The first-order chi connectivity index (χ1) is 16.7. The minimum absolute atomic E-state index is 0.180. The van der Waals surface area contributed by atoms with Crippen molar-refractivity contribution in [1.82, 2.24) is 9.88 Å².